The number of hydrogen-bond donors (Lipinski definition) is 1. The van der Waals surface area contributed by atoms with Gasteiger partial charge in [-0.2, -0.15) is 0 Å². The molecule has 3 rings (SSSR count). The minimum Gasteiger partial charge on any atom is -0.497 e. The van der Waals surface area contributed by atoms with Crippen molar-refractivity contribution in [2.45, 2.75) is 32.1 Å². The third-order valence-corrected chi connectivity index (χ3v) is 5.87. The Morgan fingerprint density at radius 3 is 2.48 bits per heavy atom. The van der Waals surface area contributed by atoms with Crippen LogP contribution in [0.15, 0.2) is 29.3 Å². The Morgan fingerprint density at radius 2 is 1.85 bits per heavy atom. The number of nitrogens with zero attached hydrogens (tertiary/aromatic N) is 3. The van der Waals surface area contributed by atoms with Crippen molar-refractivity contribution in [1.82, 2.24) is 15.1 Å². The molecule has 1 aromatic rings. The van der Waals surface area contributed by atoms with E-state index in [1.807, 2.05) is 7.05 Å². The summed E-state index contributed by atoms with van der Waals surface area (Å²) in [5.41, 5.74) is 1.39. The molecule has 0 bridgehead atoms. The molecule has 2 aliphatic rings. The highest BCUT2D eigenvalue weighted by molar-refractivity contribution is 14.0. The van der Waals surface area contributed by atoms with Crippen LogP contribution in [0.2, 0.25) is 0 Å². The fraction of sp³-hybridized carbons (Fsp3) is 0.667. The number of ether oxygens (including phenoxy) is 1. The van der Waals surface area contributed by atoms with Crippen molar-refractivity contribution < 1.29 is 4.74 Å². The van der Waals surface area contributed by atoms with Crippen LogP contribution in [-0.2, 0) is 0 Å². The Morgan fingerprint density at radius 1 is 1.15 bits per heavy atom. The van der Waals surface area contributed by atoms with Crippen LogP contribution in [0.25, 0.3) is 0 Å². The molecule has 0 spiro atoms. The molecule has 27 heavy (non-hydrogen) atoms. The number of hydrogen-bond acceptors (Lipinski definition) is 3. The van der Waals surface area contributed by atoms with Gasteiger partial charge in [0.05, 0.1) is 7.11 Å². The first kappa shape index (κ1) is 22.3. The number of guanidine groups is 1. The average molecular weight is 486 g/mol. The van der Waals surface area contributed by atoms with E-state index in [1.54, 1.807) is 7.11 Å². The van der Waals surface area contributed by atoms with Gasteiger partial charge in [0.1, 0.15) is 5.75 Å². The fourth-order valence-electron chi connectivity index (χ4n) is 4.04. The molecule has 1 unspecified atom stereocenters. The van der Waals surface area contributed by atoms with Gasteiger partial charge >= 0.3 is 0 Å². The topological polar surface area (TPSA) is 40.1 Å². The monoisotopic (exact) mass is 486 g/mol. The van der Waals surface area contributed by atoms with Crippen LogP contribution in [0.5, 0.6) is 5.75 Å². The number of likely N-dealkylation sites (tertiary alicyclic amines) is 2. The molecule has 6 heteroatoms. The van der Waals surface area contributed by atoms with E-state index in [2.05, 4.69) is 51.3 Å². The van der Waals surface area contributed by atoms with Gasteiger partial charge in [0, 0.05) is 39.1 Å². The van der Waals surface area contributed by atoms with E-state index in [-0.39, 0.29) is 24.0 Å². The maximum absolute atomic E-state index is 5.27. The molecular formula is C21H35IN4O. The normalized spacial score (nSPS) is 21.8. The van der Waals surface area contributed by atoms with E-state index < -0.39 is 0 Å². The average Bonchev–Trinajstić information content (AvgIpc) is 3.17. The van der Waals surface area contributed by atoms with E-state index in [4.69, 9.17) is 4.74 Å². The van der Waals surface area contributed by atoms with Gasteiger partial charge in [0.15, 0.2) is 5.96 Å². The number of methoxy groups -OCH3 is 1. The van der Waals surface area contributed by atoms with E-state index in [0.717, 1.165) is 43.8 Å². The van der Waals surface area contributed by atoms with Crippen LogP contribution in [0, 0.1) is 5.92 Å². The predicted molar refractivity (Wildman–Crippen MR) is 124 cm³/mol. The highest BCUT2D eigenvalue weighted by atomic mass is 127. The largest absolute Gasteiger partial charge is 0.497 e. The molecule has 1 aromatic carbocycles. The molecule has 0 saturated carbocycles. The molecule has 152 valence electrons. The Balaban J connectivity index is 0.00000261. The molecule has 2 aliphatic heterocycles. The van der Waals surface area contributed by atoms with Gasteiger partial charge in [-0.3, -0.25) is 4.99 Å². The molecule has 0 aliphatic carbocycles. The van der Waals surface area contributed by atoms with Crippen LogP contribution in [-0.4, -0.2) is 69.2 Å². The maximum Gasteiger partial charge on any atom is 0.193 e. The summed E-state index contributed by atoms with van der Waals surface area (Å²) in [6, 6.07) is 8.51. The van der Waals surface area contributed by atoms with E-state index in [0.29, 0.717) is 5.92 Å². The van der Waals surface area contributed by atoms with Crippen LogP contribution < -0.4 is 10.1 Å². The van der Waals surface area contributed by atoms with Gasteiger partial charge in [-0.15, -0.1) is 24.0 Å². The zero-order valence-electron chi connectivity index (χ0n) is 17.0. The summed E-state index contributed by atoms with van der Waals surface area (Å²) in [7, 11) is 3.61. The third kappa shape index (κ3) is 6.24. The first-order valence-electron chi connectivity index (χ1n) is 10.0. The Kier molecular flexibility index (Phi) is 9.15. The predicted octanol–water partition coefficient (Wildman–Crippen LogP) is 3.41. The van der Waals surface area contributed by atoms with Gasteiger partial charge in [0.25, 0.3) is 0 Å². The quantitative estimate of drug-likeness (QED) is 0.394. The van der Waals surface area contributed by atoms with E-state index in [1.165, 1.54) is 37.9 Å². The van der Waals surface area contributed by atoms with Crippen molar-refractivity contribution >= 4 is 29.9 Å². The van der Waals surface area contributed by atoms with Crippen LogP contribution in [0.3, 0.4) is 0 Å². The Bertz CT molecular complexity index is 584. The molecule has 0 amide bonds. The third-order valence-electron chi connectivity index (χ3n) is 5.87. The second-order valence-corrected chi connectivity index (χ2v) is 7.70. The van der Waals surface area contributed by atoms with Gasteiger partial charge < -0.3 is 19.9 Å². The number of rotatable bonds is 5. The summed E-state index contributed by atoms with van der Waals surface area (Å²) in [5, 5.41) is 3.57. The molecule has 0 aromatic heterocycles. The molecule has 0 radical (unpaired) electrons. The summed E-state index contributed by atoms with van der Waals surface area (Å²) in [4.78, 5) is 9.48. The summed E-state index contributed by atoms with van der Waals surface area (Å²) in [6.07, 6.45) is 3.85. The Hall–Kier alpha value is -1.02. The second-order valence-electron chi connectivity index (χ2n) is 7.70. The van der Waals surface area contributed by atoms with Crippen molar-refractivity contribution in [2.75, 3.05) is 53.4 Å². The lowest BCUT2D eigenvalue weighted by Gasteiger charge is -2.30. The number of nitrogens with one attached hydrogen (secondary N) is 1. The molecule has 2 fully saturated rings. The van der Waals surface area contributed by atoms with E-state index >= 15 is 0 Å². The van der Waals surface area contributed by atoms with Crippen LogP contribution in [0.1, 0.15) is 37.7 Å². The van der Waals surface area contributed by atoms with Crippen LogP contribution in [0.4, 0.5) is 0 Å². The summed E-state index contributed by atoms with van der Waals surface area (Å²) >= 11 is 0. The molecule has 2 heterocycles. The highest BCUT2D eigenvalue weighted by Gasteiger charge is 2.26. The first-order chi connectivity index (χ1) is 12.7. The van der Waals surface area contributed by atoms with Crippen molar-refractivity contribution in [3.05, 3.63) is 29.8 Å². The van der Waals surface area contributed by atoms with Gasteiger partial charge in [-0.05, 0) is 56.0 Å². The SMILES string of the molecule is CN=C(NCCN1CCC(C)CC1)N1CCC(c2ccc(OC)cc2)C1.I. The first-order valence-corrected chi connectivity index (χ1v) is 10.0. The zero-order valence-corrected chi connectivity index (χ0v) is 19.3. The van der Waals surface area contributed by atoms with Crippen molar-refractivity contribution in [3.63, 3.8) is 0 Å². The number of piperidine rings is 1. The summed E-state index contributed by atoms with van der Waals surface area (Å²) in [5.74, 6) is 3.44. The number of aliphatic imine (C=N–C) groups is 1. The lowest BCUT2D eigenvalue weighted by Crippen LogP contribution is -2.44. The van der Waals surface area contributed by atoms with E-state index in [9.17, 15) is 0 Å². The van der Waals surface area contributed by atoms with Gasteiger partial charge in [-0.1, -0.05) is 19.1 Å². The summed E-state index contributed by atoms with van der Waals surface area (Å²) < 4.78 is 5.27. The smallest absolute Gasteiger partial charge is 0.193 e. The number of benzene rings is 1. The maximum atomic E-state index is 5.27. The number of halogens is 1. The van der Waals surface area contributed by atoms with Gasteiger partial charge in [0.2, 0.25) is 0 Å². The lowest BCUT2D eigenvalue weighted by molar-refractivity contribution is 0.195. The standard InChI is InChI=1S/C21H34N4O.HI/c1-17-8-12-24(13-9-17)15-11-23-21(22-2)25-14-10-19(16-25)18-4-6-20(26-3)7-5-18;/h4-7,17,19H,8-16H2,1-3H3,(H,22,23);1H. The minimum atomic E-state index is 0. The molecular weight excluding hydrogens is 451 g/mol. The highest BCUT2D eigenvalue weighted by Crippen LogP contribution is 2.28. The lowest BCUT2D eigenvalue weighted by atomic mass is 9.98. The molecule has 1 atom stereocenters. The summed E-state index contributed by atoms with van der Waals surface area (Å²) in [6.45, 7) is 9.04. The molecule has 5 nitrogen and oxygen atoms in total. The van der Waals surface area contributed by atoms with Crippen molar-refractivity contribution in [3.8, 4) is 5.75 Å². The van der Waals surface area contributed by atoms with Crippen molar-refractivity contribution in [2.24, 2.45) is 10.9 Å². The molecule has 2 saturated heterocycles. The zero-order chi connectivity index (χ0) is 18.4. The second kappa shape index (κ2) is 11.1. The minimum absolute atomic E-state index is 0. The fourth-order valence-corrected chi connectivity index (χ4v) is 4.04. The van der Waals surface area contributed by atoms with Gasteiger partial charge in [-0.25, -0.2) is 0 Å². The van der Waals surface area contributed by atoms with Crippen LogP contribution >= 0.6 is 24.0 Å². The van der Waals surface area contributed by atoms with Crippen molar-refractivity contribution in [1.29, 1.82) is 0 Å². The molecule has 1 N–H and O–H groups in total. The Labute approximate surface area is 181 Å².